The lowest BCUT2D eigenvalue weighted by Gasteiger charge is -2.35. The smallest absolute Gasteiger partial charge is 0.337 e. The number of nitrogens with one attached hydrogen (secondary N) is 1. The number of esters is 1. The van der Waals surface area contributed by atoms with Crippen LogP contribution in [0.15, 0.2) is 71.6 Å². The van der Waals surface area contributed by atoms with Crippen molar-refractivity contribution >= 4 is 27.6 Å². The first-order valence-electron chi connectivity index (χ1n) is 11.1. The standard InChI is InChI=1S/C26H26N2O7S/c1-33-23-13-12-21(15-24(23)34-2)36(31,32)28-16-19-7-5-4-6-18(19)14-22(28)25(29)27-20-10-8-17(9-11-20)26(30)35-3/h4-13,15,22H,14,16H2,1-3H3,(H,27,29). The highest BCUT2D eigenvalue weighted by Gasteiger charge is 2.40. The molecule has 0 aliphatic carbocycles. The van der Waals surface area contributed by atoms with Crippen molar-refractivity contribution in [3.05, 3.63) is 83.4 Å². The number of nitrogens with zero attached hydrogens (tertiary/aromatic N) is 1. The SMILES string of the molecule is COC(=O)c1ccc(NC(=O)C2Cc3ccccc3CN2S(=O)(=O)c2ccc(OC)c(OC)c2)cc1. The van der Waals surface area contributed by atoms with E-state index in [0.29, 0.717) is 17.0 Å². The summed E-state index contributed by atoms with van der Waals surface area (Å²) in [5.74, 6) is -0.323. The summed E-state index contributed by atoms with van der Waals surface area (Å²) in [6.45, 7) is 0.0339. The first kappa shape index (κ1) is 25.2. The van der Waals surface area contributed by atoms with Crippen LogP contribution in [0.25, 0.3) is 0 Å². The summed E-state index contributed by atoms with van der Waals surface area (Å²) in [5.41, 5.74) is 2.49. The number of fused-ring (bicyclic) bond motifs is 1. The third kappa shape index (κ3) is 4.91. The highest BCUT2D eigenvalue weighted by atomic mass is 32.2. The minimum Gasteiger partial charge on any atom is -0.493 e. The van der Waals surface area contributed by atoms with Gasteiger partial charge in [0.15, 0.2) is 11.5 Å². The number of sulfonamides is 1. The Balaban J connectivity index is 1.68. The Bertz CT molecular complexity index is 1390. The molecule has 0 aromatic heterocycles. The zero-order valence-corrected chi connectivity index (χ0v) is 20.9. The lowest BCUT2D eigenvalue weighted by molar-refractivity contribution is -0.120. The van der Waals surface area contributed by atoms with Gasteiger partial charge < -0.3 is 19.5 Å². The molecule has 0 bridgehead atoms. The quantitative estimate of drug-likeness (QED) is 0.486. The molecule has 3 aromatic rings. The molecule has 4 rings (SSSR count). The summed E-state index contributed by atoms with van der Waals surface area (Å²) in [4.78, 5) is 25.1. The van der Waals surface area contributed by atoms with Crippen LogP contribution in [0.5, 0.6) is 11.5 Å². The second-order valence-corrected chi connectivity index (χ2v) is 10.0. The Hall–Kier alpha value is -3.89. The van der Waals surface area contributed by atoms with Crippen LogP contribution in [-0.4, -0.2) is 52.0 Å². The van der Waals surface area contributed by atoms with Crippen LogP contribution in [0.3, 0.4) is 0 Å². The molecular formula is C26H26N2O7S. The number of carbonyl (C=O) groups is 2. The molecule has 3 aromatic carbocycles. The van der Waals surface area contributed by atoms with Crippen molar-refractivity contribution in [2.45, 2.75) is 23.9 Å². The number of amides is 1. The van der Waals surface area contributed by atoms with Crippen molar-refractivity contribution in [2.24, 2.45) is 0 Å². The maximum Gasteiger partial charge on any atom is 0.337 e. The van der Waals surface area contributed by atoms with Crippen LogP contribution in [0.4, 0.5) is 5.69 Å². The molecule has 36 heavy (non-hydrogen) atoms. The first-order chi connectivity index (χ1) is 17.3. The number of carbonyl (C=O) groups excluding carboxylic acids is 2. The summed E-state index contributed by atoms with van der Waals surface area (Å²) in [7, 11) is 0.0774. The van der Waals surface area contributed by atoms with Gasteiger partial charge in [-0.1, -0.05) is 24.3 Å². The van der Waals surface area contributed by atoms with E-state index in [0.717, 1.165) is 11.1 Å². The van der Waals surface area contributed by atoms with E-state index in [1.807, 2.05) is 24.3 Å². The number of hydrogen-bond donors (Lipinski definition) is 1. The van der Waals surface area contributed by atoms with E-state index in [4.69, 9.17) is 14.2 Å². The Morgan fingerprint density at radius 1 is 0.889 bits per heavy atom. The van der Waals surface area contributed by atoms with E-state index in [1.165, 1.54) is 56.0 Å². The molecule has 1 unspecified atom stereocenters. The molecular weight excluding hydrogens is 484 g/mol. The van der Waals surface area contributed by atoms with Gasteiger partial charge in [0.2, 0.25) is 15.9 Å². The third-order valence-electron chi connectivity index (χ3n) is 6.04. The Morgan fingerprint density at radius 2 is 1.56 bits per heavy atom. The van der Waals surface area contributed by atoms with Gasteiger partial charge in [-0.3, -0.25) is 4.79 Å². The summed E-state index contributed by atoms with van der Waals surface area (Å²) in [6.07, 6.45) is 0.203. The highest BCUT2D eigenvalue weighted by Crippen LogP contribution is 2.34. The number of anilines is 1. The molecule has 10 heteroatoms. The van der Waals surface area contributed by atoms with Gasteiger partial charge in [-0.05, 0) is 53.9 Å². The third-order valence-corrected chi connectivity index (χ3v) is 7.89. The van der Waals surface area contributed by atoms with Gasteiger partial charge in [0.1, 0.15) is 6.04 Å². The molecule has 1 amide bonds. The lowest BCUT2D eigenvalue weighted by atomic mass is 9.95. The predicted octanol–water partition coefficient (Wildman–Crippen LogP) is 3.24. The monoisotopic (exact) mass is 510 g/mol. The Kier molecular flexibility index (Phi) is 7.27. The number of rotatable bonds is 7. The maximum absolute atomic E-state index is 13.8. The average molecular weight is 511 g/mol. The average Bonchev–Trinajstić information content (AvgIpc) is 2.91. The minimum atomic E-state index is -4.09. The molecule has 0 radical (unpaired) electrons. The van der Waals surface area contributed by atoms with E-state index < -0.39 is 27.9 Å². The molecule has 1 N–H and O–H groups in total. The molecule has 1 heterocycles. The summed E-state index contributed by atoms with van der Waals surface area (Å²) in [5, 5.41) is 2.78. The number of ether oxygens (including phenoxy) is 3. The molecule has 0 spiro atoms. The highest BCUT2D eigenvalue weighted by molar-refractivity contribution is 7.89. The molecule has 1 aliphatic rings. The summed E-state index contributed by atoms with van der Waals surface area (Å²) in [6, 6.07) is 16.9. The number of methoxy groups -OCH3 is 3. The van der Waals surface area contributed by atoms with Crippen LogP contribution >= 0.6 is 0 Å². The molecule has 9 nitrogen and oxygen atoms in total. The second kappa shape index (κ2) is 10.4. The largest absolute Gasteiger partial charge is 0.493 e. The summed E-state index contributed by atoms with van der Waals surface area (Å²) >= 11 is 0. The van der Waals surface area contributed by atoms with Crippen LogP contribution in [0, 0.1) is 0 Å². The first-order valence-corrected chi connectivity index (χ1v) is 12.5. The second-order valence-electron chi connectivity index (χ2n) is 8.11. The molecule has 0 saturated heterocycles. The normalized spacial score (nSPS) is 15.5. The van der Waals surface area contributed by atoms with Crippen LogP contribution in [0.1, 0.15) is 21.5 Å². The Morgan fingerprint density at radius 3 is 2.19 bits per heavy atom. The van der Waals surface area contributed by atoms with Crippen molar-refractivity contribution in [1.29, 1.82) is 0 Å². The van der Waals surface area contributed by atoms with Gasteiger partial charge in [-0.15, -0.1) is 0 Å². The van der Waals surface area contributed by atoms with E-state index in [1.54, 1.807) is 12.1 Å². The van der Waals surface area contributed by atoms with E-state index in [-0.39, 0.29) is 23.6 Å². The molecule has 188 valence electrons. The zero-order valence-electron chi connectivity index (χ0n) is 20.1. The maximum atomic E-state index is 13.8. The van der Waals surface area contributed by atoms with E-state index in [2.05, 4.69) is 5.32 Å². The van der Waals surface area contributed by atoms with Crippen LogP contribution in [0.2, 0.25) is 0 Å². The fourth-order valence-corrected chi connectivity index (χ4v) is 5.70. The van der Waals surface area contributed by atoms with E-state index in [9.17, 15) is 18.0 Å². The zero-order chi connectivity index (χ0) is 25.9. The summed E-state index contributed by atoms with van der Waals surface area (Å²) < 4.78 is 44.0. The molecule has 1 atom stereocenters. The van der Waals surface area contributed by atoms with Gasteiger partial charge in [0, 0.05) is 18.3 Å². The predicted molar refractivity (Wildman–Crippen MR) is 133 cm³/mol. The van der Waals surface area contributed by atoms with Gasteiger partial charge in [0.25, 0.3) is 0 Å². The Labute approximate surface area is 209 Å². The topological polar surface area (TPSA) is 111 Å². The fourth-order valence-electron chi connectivity index (χ4n) is 4.12. The fraction of sp³-hybridized carbons (Fsp3) is 0.231. The van der Waals surface area contributed by atoms with E-state index >= 15 is 0 Å². The number of hydrogen-bond acceptors (Lipinski definition) is 7. The van der Waals surface area contributed by atoms with Gasteiger partial charge in [0.05, 0.1) is 31.8 Å². The molecule has 0 saturated carbocycles. The van der Waals surface area contributed by atoms with Crippen molar-refractivity contribution < 1.29 is 32.2 Å². The van der Waals surface area contributed by atoms with Crippen molar-refractivity contribution in [3.8, 4) is 11.5 Å². The van der Waals surface area contributed by atoms with Crippen molar-refractivity contribution in [1.82, 2.24) is 4.31 Å². The van der Waals surface area contributed by atoms with Gasteiger partial charge in [-0.25, -0.2) is 13.2 Å². The lowest BCUT2D eigenvalue weighted by Crippen LogP contribution is -2.50. The molecule has 0 fully saturated rings. The van der Waals surface area contributed by atoms with Crippen molar-refractivity contribution in [2.75, 3.05) is 26.6 Å². The minimum absolute atomic E-state index is 0.0141. The van der Waals surface area contributed by atoms with Crippen LogP contribution in [-0.2, 0) is 32.5 Å². The van der Waals surface area contributed by atoms with Gasteiger partial charge >= 0.3 is 5.97 Å². The number of benzene rings is 3. The molecule has 1 aliphatic heterocycles. The van der Waals surface area contributed by atoms with Crippen molar-refractivity contribution in [3.63, 3.8) is 0 Å². The van der Waals surface area contributed by atoms with Gasteiger partial charge in [-0.2, -0.15) is 4.31 Å². The van der Waals surface area contributed by atoms with Crippen LogP contribution < -0.4 is 14.8 Å².